The molecule has 0 fully saturated rings. The van der Waals surface area contributed by atoms with Crippen LogP contribution < -0.4 is 9.92 Å². The van der Waals surface area contributed by atoms with Crippen molar-refractivity contribution in [1.29, 1.82) is 0 Å². The monoisotopic (exact) mass is 481 g/mol. The Kier molecular flexibility index (Phi) is 6.31. The van der Waals surface area contributed by atoms with Crippen LogP contribution in [-0.4, -0.2) is 61.7 Å². The van der Waals surface area contributed by atoms with E-state index in [-0.39, 0.29) is 30.0 Å². The predicted octanol–water partition coefficient (Wildman–Crippen LogP) is 1.53. The number of hydrogen-bond donors (Lipinski definition) is 1. The zero-order chi connectivity index (χ0) is 24.3. The number of aliphatic imine (C=N–C) groups is 1. The zero-order valence-corrected chi connectivity index (χ0v) is 19.4. The number of rotatable bonds is 8. The van der Waals surface area contributed by atoms with Crippen molar-refractivity contribution in [2.24, 2.45) is 10.7 Å². The summed E-state index contributed by atoms with van der Waals surface area (Å²) in [5.74, 6) is -0.440. The first-order valence-electron chi connectivity index (χ1n) is 10.3. The highest BCUT2D eigenvalue weighted by molar-refractivity contribution is 7.87. The van der Waals surface area contributed by atoms with E-state index in [1.807, 2.05) is 18.2 Å². The van der Waals surface area contributed by atoms with Crippen molar-refractivity contribution in [3.05, 3.63) is 78.4 Å². The lowest BCUT2D eigenvalue weighted by Gasteiger charge is -2.26. The molecule has 0 bridgehead atoms. The number of ether oxygens (including phenoxy) is 1. The van der Waals surface area contributed by atoms with E-state index >= 15 is 0 Å². The first kappa shape index (κ1) is 23.3. The van der Waals surface area contributed by atoms with Crippen molar-refractivity contribution in [2.75, 3.05) is 26.5 Å². The van der Waals surface area contributed by atoms with Gasteiger partial charge in [0.25, 0.3) is 5.91 Å². The molecule has 2 aromatic carbocycles. The minimum Gasteiger partial charge on any atom is -0.383 e. The van der Waals surface area contributed by atoms with Crippen molar-refractivity contribution >= 4 is 22.0 Å². The largest absolute Gasteiger partial charge is 0.383 e. The molecule has 0 saturated heterocycles. The minimum atomic E-state index is -3.82. The molecular formula is C23H23N5O5S. The summed E-state index contributed by atoms with van der Waals surface area (Å²) in [6.45, 7) is 0.0150. The fraction of sp³-hybridized carbons (Fsp3) is 0.217. The van der Waals surface area contributed by atoms with Gasteiger partial charge in [0.1, 0.15) is 17.8 Å². The summed E-state index contributed by atoms with van der Waals surface area (Å²) in [5.41, 5.74) is 7.28. The third-order valence-electron chi connectivity index (χ3n) is 5.45. The summed E-state index contributed by atoms with van der Waals surface area (Å²) in [5, 5.41) is 0. The number of aromatic nitrogens is 2. The highest BCUT2D eigenvalue weighted by Gasteiger charge is 2.49. The summed E-state index contributed by atoms with van der Waals surface area (Å²) in [7, 11) is -0.859. The highest BCUT2D eigenvalue weighted by atomic mass is 32.2. The molecule has 4 rings (SSSR count). The van der Waals surface area contributed by atoms with Gasteiger partial charge < -0.3 is 14.7 Å². The molecule has 1 aliphatic rings. The summed E-state index contributed by atoms with van der Waals surface area (Å²) in [6, 6.07) is 13.5. The van der Waals surface area contributed by atoms with E-state index in [1.165, 1.54) is 30.5 Å². The van der Waals surface area contributed by atoms with Crippen molar-refractivity contribution in [3.8, 4) is 16.9 Å². The Bertz CT molecular complexity index is 1330. The molecule has 1 atom stereocenters. The van der Waals surface area contributed by atoms with E-state index in [9.17, 15) is 13.2 Å². The number of amides is 1. The second-order valence-corrected chi connectivity index (χ2v) is 9.31. The van der Waals surface area contributed by atoms with Crippen LogP contribution in [0.1, 0.15) is 11.1 Å². The molecule has 1 aromatic heterocycles. The van der Waals surface area contributed by atoms with Crippen LogP contribution in [0.25, 0.3) is 11.1 Å². The lowest BCUT2D eigenvalue weighted by atomic mass is 9.82. The second-order valence-electron chi connectivity index (χ2n) is 7.61. The Labute approximate surface area is 197 Å². The van der Waals surface area contributed by atoms with Crippen LogP contribution >= 0.6 is 0 Å². The quantitative estimate of drug-likeness (QED) is 0.478. The van der Waals surface area contributed by atoms with E-state index in [0.29, 0.717) is 11.1 Å². The normalized spacial score (nSPS) is 18.1. The van der Waals surface area contributed by atoms with Crippen molar-refractivity contribution in [3.63, 3.8) is 0 Å². The van der Waals surface area contributed by atoms with Gasteiger partial charge in [-0.1, -0.05) is 30.3 Å². The van der Waals surface area contributed by atoms with Crippen LogP contribution in [0.4, 0.5) is 0 Å². The molecule has 0 aliphatic carbocycles. The molecule has 1 amide bonds. The van der Waals surface area contributed by atoms with E-state index in [1.54, 1.807) is 37.6 Å². The van der Waals surface area contributed by atoms with Gasteiger partial charge >= 0.3 is 10.1 Å². The number of carbonyl (C=O) groups is 1. The highest BCUT2D eigenvalue weighted by Crippen LogP contribution is 2.41. The fourth-order valence-electron chi connectivity index (χ4n) is 3.68. The molecule has 176 valence electrons. The molecule has 1 aliphatic heterocycles. The van der Waals surface area contributed by atoms with Gasteiger partial charge in [0, 0.05) is 32.1 Å². The predicted molar refractivity (Wildman–Crippen MR) is 125 cm³/mol. The number of benzene rings is 2. The topological polar surface area (TPSA) is 137 Å². The molecule has 3 aromatic rings. The Balaban J connectivity index is 1.77. The molecule has 0 spiro atoms. The maximum absolute atomic E-state index is 13.5. The number of nitrogens with two attached hydrogens (primary N) is 1. The molecular weight excluding hydrogens is 458 g/mol. The lowest BCUT2D eigenvalue weighted by Crippen LogP contribution is -2.41. The molecule has 2 heterocycles. The van der Waals surface area contributed by atoms with Crippen LogP contribution in [0.5, 0.6) is 5.75 Å². The van der Waals surface area contributed by atoms with Gasteiger partial charge in [-0.25, -0.2) is 15.0 Å². The van der Waals surface area contributed by atoms with Gasteiger partial charge in [-0.3, -0.25) is 9.69 Å². The van der Waals surface area contributed by atoms with Crippen LogP contribution in [0.3, 0.4) is 0 Å². The summed E-state index contributed by atoms with van der Waals surface area (Å²) in [4.78, 5) is 27.5. The van der Waals surface area contributed by atoms with Crippen molar-refractivity contribution in [1.82, 2.24) is 14.9 Å². The first-order chi connectivity index (χ1) is 16.3. The summed E-state index contributed by atoms with van der Waals surface area (Å²) < 4.78 is 34.1. The molecule has 0 radical (unpaired) electrons. The minimum absolute atomic E-state index is 0.0150. The fourth-order valence-corrected chi connectivity index (χ4v) is 4.54. The number of nitrogens with zero attached hydrogens (tertiary/aromatic N) is 4. The standard InChI is InChI=1S/C23H23N5O5S/c1-28-21(29)23(27-22(28)24,19-5-3-4-16(12-19)17-13-25-15-26-14-17)18-6-8-20(9-7-18)33-34(30,31)11-10-32-2/h3-9,12-15H,10-11H2,1-2H3,(H2,24,27). The number of likely N-dealkylation sites (N-methyl/N-ethyl adjacent to an activating group) is 1. The smallest absolute Gasteiger partial charge is 0.311 e. The Morgan fingerprint density at radius 3 is 2.35 bits per heavy atom. The van der Waals surface area contributed by atoms with Crippen molar-refractivity contribution < 1.29 is 22.1 Å². The molecule has 10 nitrogen and oxygen atoms in total. The number of methoxy groups -OCH3 is 1. The maximum Gasteiger partial charge on any atom is 0.311 e. The zero-order valence-electron chi connectivity index (χ0n) is 18.6. The second kappa shape index (κ2) is 9.20. The van der Waals surface area contributed by atoms with Crippen LogP contribution in [0.15, 0.2) is 72.2 Å². The van der Waals surface area contributed by atoms with Gasteiger partial charge in [-0.05, 0) is 34.9 Å². The third kappa shape index (κ3) is 4.35. The third-order valence-corrected chi connectivity index (χ3v) is 6.56. The van der Waals surface area contributed by atoms with Crippen molar-refractivity contribution in [2.45, 2.75) is 5.54 Å². The van der Waals surface area contributed by atoms with Gasteiger partial charge in [0.05, 0.1) is 6.61 Å². The van der Waals surface area contributed by atoms with Gasteiger partial charge in [-0.15, -0.1) is 0 Å². The molecule has 11 heteroatoms. The summed E-state index contributed by atoms with van der Waals surface area (Å²) >= 11 is 0. The van der Waals surface area contributed by atoms with E-state index in [4.69, 9.17) is 14.7 Å². The molecule has 2 N–H and O–H groups in total. The molecule has 1 unspecified atom stereocenters. The Morgan fingerprint density at radius 1 is 1.03 bits per heavy atom. The van der Waals surface area contributed by atoms with E-state index < -0.39 is 15.7 Å². The number of guanidine groups is 1. The van der Waals surface area contributed by atoms with E-state index in [2.05, 4.69) is 15.0 Å². The van der Waals surface area contributed by atoms with Gasteiger partial charge in [0.15, 0.2) is 11.5 Å². The Morgan fingerprint density at radius 2 is 1.74 bits per heavy atom. The number of carbonyl (C=O) groups excluding carboxylic acids is 1. The lowest BCUT2D eigenvalue weighted by molar-refractivity contribution is -0.129. The van der Waals surface area contributed by atoms with Gasteiger partial charge in [-0.2, -0.15) is 8.42 Å². The molecule has 0 saturated carbocycles. The van der Waals surface area contributed by atoms with E-state index in [0.717, 1.165) is 11.1 Å². The van der Waals surface area contributed by atoms with Crippen LogP contribution in [-0.2, 0) is 25.2 Å². The molecule has 34 heavy (non-hydrogen) atoms. The average Bonchev–Trinajstić information content (AvgIpc) is 3.08. The van der Waals surface area contributed by atoms with Crippen LogP contribution in [0, 0.1) is 0 Å². The van der Waals surface area contributed by atoms with Crippen LogP contribution in [0.2, 0.25) is 0 Å². The SMILES string of the molecule is COCCS(=O)(=O)Oc1ccc(C2(c3cccc(-c4cncnc4)c3)N=C(N)N(C)C2=O)cc1. The summed E-state index contributed by atoms with van der Waals surface area (Å²) in [6.07, 6.45) is 4.79. The van der Waals surface area contributed by atoms with Gasteiger partial charge in [0.2, 0.25) is 0 Å². The maximum atomic E-state index is 13.5. The Hall–Kier alpha value is -3.83. The average molecular weight is 482 g/mol. The number of hydrogen-bond acceptors (Lipinski definition) is 9. The first-order valence-corrected chi connectivity index (χ1v) is 11.9.